The van der Waals surface area contributed by atoms with Crippen molar-refractivity contribution in [2.24, 2.45) is 0 Å². The molecule has 44 heavy (non-hydrogen) atoms. The molecule has 3 N–H and O–H groups in total. The minimum absolute atomic E-state index is 0.696. The highest BCUT2D eigenvalue weighted by molar-refractivity contribution is 7.19. The van der Waals surface area contributed by atoms with Crippen molar-refractivity contribution in [3.05, 3.63) is 117 Å². The van der Waals surface area contributed by atoms with Gasteiger partial charge >= 0.3 is 0 Å². The molecule has 0 aromatic heterocycles. The Morgan fingerprint density at radius 3 is 0.841 bits per heavy atom. The first-order valence-corrected chi connectivity index (χ1v) is 17.9. The van der Waals surface area contributed by atoms with Gasteiger partial charge in [-0.3, -0.25) is 0 Å². The Bertz CT molecular complexity index is 1120. The number of hydrogen-bond donors (Lipinski definition) is 1. The number of rotatable bonds is 16. The molecule has 0 aliphatic carbocycles. The second kappa shape index (κ2) is 20.2. The van der Waals surface area contributed by atoms with E-state index in [1.165, 1.54) is 77.0 Å². The van der Waals surface area contributed by atoms with E-state index in [9.17, 15) is 0 Å². The third kappa shape index (κ3) is 11.1. The fourth-order valence-corrected chi connectivity index (χ4v) is 6.68. The Kier molecular flexibility index (Phi) is 16.8. The summed E-state index contributed by atoms with van der Waals surface area (Å²) in [5.41, 5.74) is 8.43. The van der Waals surface area contributed by atoms with Crippen LogP contribution in [0.15, 0.2) is 97.1 Å². The van der Waals surface area contributed by atoms with Crippen molar-refractivity contribution in [2.75, 3.05) is 6.54 Å². The van der Waals surface area contributed by atoms with E-state index >= 15 is 0 Å². The Balaban J connectivity index is 0.000000301. The standard InChI is InChI=1S/C24H16BCl4.C14H31N/c26-21-9-1-17(2-10-21)25(18-3-11-22(27)12-4-18,19-5-13-23(28)14-6-19)20-7-15-24(29)16-8-20;1-2-3-4-5-6-7-8-9-10-11-12-13-14-15/h1-16H;2-15H2,1H3/q-1;/p+1. The highest BCUT2D eigenvalue weighted by atomic mass is 35.5. The average Bonchev–Trinajstić information content (AvgIpc) is 3.04. The summed E-state index contributed by atoms with van der Waals surface area (Å²) in [6, 6.07) is 32.1. The van der Waals surface area contributed by atoms with Gasteiger partial charge in [0.1, 0.15) is 6.15 Å². The van der Waals surface area contributed by atoms with Crippen molar-refractivity contribution in [3.63, 3.8) is 0 Å². The topological polar surface area (TPSA) is 27.6 Å². The molecular formula is C38H48BCl4N. The molecule has 0 aliphatic heterocycles. The lowest BCUT2D eigenvalue weighted by atomic mass is 9.13. The Hall–Kier alpha value is -1.94. The average molecular weight is 671 g/mol. The molecule has 0 heterocycles. The highest BCUT2D eigenvalue weighted by Gasteiger charge is 2.31. The molecule has 236 valence electrons. The molecule has 4 rings (SSSR count). The van der Waals surface area contributed by atoms with E-state index in [1.54, 1.807) is 0 Å². The molecule has 0 unspecified atom stereocenters. The van der Waals surface area contributed by atoms with Gasteiger partial charge in [-0.1, -0.05) is 166 Å². The molecule has 0 atom stereocenters. The molecule has 0 saturated heterocycles. The summed E-state index contributed by atoms with van der Waals surface area (Å²) in [4.78, 5) is 0. The summed E-state index contributed by atoms with van der Waals surface area (Å²) >= 11 is 24.9. The lowest BCUT2D eigenvalue weighted by Gasteiger charge is -2.44. The number of quaternary nitrogens is 1. The van der Waals surface area contributed by atoms with Crippen molar-refractivity contribution in [1.29, 1.82) is 0 Å². The smallest absolute Gasteiger partial charge is 0.108 e. The van der Waals surface area contributed by atoms with Crippen LogP contribution in [0, 0.1) is 0 Å². The van der Waals surface area contributed by atoms with E-state index < -0.39 is 6.15 Å². The van der Waals surface area contributed by atoms with E-state index in [4.69, 9.17) is 46.4 Å². The zero-order valence-electron chi connectivity index (χ0n) is 26.2. The quantitative estimate of drug-likeness (QED) is 0.0908. The second-order valence-electron chi connectivity index (χ2n) is 11.8. The summed E-state index contributed by atoms with van der Waals surface area (Å²) < 4.78 is 0. The molecule has 0 radical (unpaired) electrons. The fraction of sp³-hybridized carbons (Fsp3) is 0.368. The van der Waals surface area contributed by atoms with Crippen molar-refractivity contribution in [2.45, 2.75) is 84.0 Å². The first-order valence-electron chi connectivity index (χ1n) is 16.4. The maximum absolute atomic E-state index is 6.22. The Morgan fingerprint density at radius 2 is 0.614 bits per heavy atom. The molecular weight excluding hydrogens is 623 g/mol. The summed E-state index contributed by atoms with van der Waals surface area (Å²) in [6.45, 7) is 3.41. The molecule has 0 aliphatic rings. The second-order valence-corrected chi connectivity index (χ2v) is 13.6. The molecule has 0 amide bonds. The lowest BCUT2D eigenvalue weighted by Crippen LogP contribution is -2.74. The van der Waals surface area contributed by atoms with Crippen LogP contribution in [-0.2, 0) is 0 Å². The normalized spacial score (nSPS) is 11.2. The van der Waals surface area contributed by atoms with Crippen molar-refractivity contribution in [1.82, 2.24) is 0 Å². The molecule has 0 saturated carbocycles. The Morgan fingerprint density at radius 1 is 0.386 bits per heavy atom. The van der Waals surface area contributed by atoms with Crippen LogP contribution in [0.25, 0.3) is 0 Å². The van der Waals surface area contributed by atoms with Crippen LogP contribution < -0.4 is 27.6 Å². The monoisotopic (exact) mass is 669 g/mol. The minimum atomic E-state index is -1.51. The zero-order valence-corrected chi connectivity index (χ0v) is 29.3. The van der Waals surface area contributed by atoms with Crippen LogP contribution in [0.1, 0.15) is 84.0 Å². The molecule has 1 nitrogen and oxygen atoms in total. The van der Waals surface area contributed by atoms with Crippen LogP contribution in [-0.4, -0.2) is 12.7 Å². The van der Waals surface area contributed by atoms with E-state index in [-0.39, 0.29) is 0 Å². The van der Waals surface area contributed by atoms with Gasteiger partial charge in [-0.05, 0) is 61.4 Å². The van der Waals surface area contributed by atoms with E-state index in [0.717, 1.165) is 28.4 Å². The van der Waals surface area contributed by atoms with E-state index in [2.05, 4.69) is 61.2 Å². The van der Waals surface area contributed by atoms with Gasteiger partial charge in [0.2, 0.25) is 0 Å². The summed E-state index contributed by atoms with van der Waals surface area (Å²) in [6.07, 6.45) is 15.7. The largest absolute Gasteiger partial charge is 0.358 e. The minimum Gasteiger partial charge on any atom is -0.358 e. The van der Waals surface area contributed by atoms with Gasteiger partial charge in [0.25, 0.3) is 0 Å². The van der Waals surface area contributed by atoms with Gasteiger partial charge in [0, 0.05) is 20.1 Å². The number of halogens is 4. The SMILES string of the molecule is CCCCCCCCCCCCCC[NH3+].Clc1ccc([B-](c2ccc(Cl)cc2)(c2ccc(Cl)cc2)c2ccc(Cl)cc2)cc1. The van der Waals surface area contributed by atoms with E-state index in [1.807, 2.05) is 48.5 Å². The van der Waals surface area contributed by atoms with Gasteiger partial charge in [0.05, 0.1) is 6.54 Å². The first kappa shape index (κ1) is 36.5. The first-order chi connectivity index (χ1) is 21.4. The van der Waals surface area contributed by atoms with Crippen molar-refractivity contribution >= 4 is 74.4 Å². The van der Waals surface area contributed by atoms with Gasteiger partial charge in [-0.25, -0.2) is 0 Å². The fourth-order valence-electron chi connectivity index (χ4n) is 6.18. The molecule has 6 heteroatoms. The maximum Gasteiger partial charge on any atom is 0.108 e. The maximum atomic E-state index is 6.22. The molecule has 4 aromatic rings. The summed E-state index contributed by atoms with van der Waals surface area (Å²) in [5, 5.41) is 2.78. The van der Waals surface area contributed by atoms with Crippen molar-refractivity contribution < 1.29 is 5.73 Å². The third-order valence-corrected chi connectivity index (χ3v) is 9.59. The highest BCUT2D eigenvalue weighted by Crippen LogP contribution is 2.17. The molecule has 0 fully saturated rings. The lowest BCUT2D eigenvalue weighted by molar-refractivity contribution is -0.368. The predicted octanol–water partition coefficient (Wildman–Crippen LogP) is 9.61. The van der Waals surface area contributed by atoms with Crippen LogP contribution in [0.3, 0.4) is 0 Å². The van der Waals surface area contributed by atoms with Crippen LogP contribution in [0.4, 0.5) is 0 Å². The van der Waals surface area contributed by atoms with Crippen LogP contribution in [0.5, 0.6) is 0 Å². The van der Waals surface area contributed by atoms with E-state index in [0.29, 0.717) is 20.1 Å². The van der Waals surface area contributed by atoms with Crippen LogP contribution in [0.2, 0.25) is 20.1 Å². The van der Waals surface area contributed by atoms with Crippen LogP contribution >= 0.6 is 46.4 Å². The molecule has 0 spiro atoms. The van der Waals surface area contributed by atoms with Gasteiger partial charge in [0.15, 0.2) is 0 Å². The number of benzene rings is 4. The number of unbranched alkanes of at least 4 members (excludes halogenated alkanes) is 11. The summed E-state index contributed by atoms with van der Waals surface area (Å²) in [5.74, 6) is 0. The van der Waals surface area contributed by atoms with Gasteiger partial charge < -0.3 is 5.73 Å². The molecule has 0 bridgehead atoms. The zero-order chi connectivity index (χ0) is 31.6. The summed E-state index contributed by atoms with van der Waals surface area (Å²) in [7, 11) is 0. The van der Waals surface area contributed by atoms with Gasteiger partial charge in [-0.2, -0.15) is 21.9 Å². The predicted molar refractivity (Wildman–Crippen MR) is 199 cm³/mol. The van der Waals surface area contributed by atoms with Gasteiger partial charge in [-0.15, -0.1) is 0 Å². The Labute approximate surface area is 286 Å². The number of hydrogen-bond acceptors (Lipinski definition) is 0. The van der Waals surface area contributed by atoms with Crippen molar-refractivity contribution in [3.8, 4) is 0 Å². The third-order valence-electron chi connectivity index (χ3n) is 8.58. The molecule has 4 aromatic carbocycles.